The van der Waals surface area contributed by atoms with E-state index in [0.717, 1.165) is 10.9 Å². The van der Waals surface area contributed by atoms with Gasteiger partial charge in [0, 0.05) is 27.2 Å². The molecule has 2 aromatic heterocycles. The first kappa shape index (κ1) is 12.7. The molecule has 0 aromatic carbocycles. The van der Waals surface area contributed by atoms with Crippen LogP contribution in [0.4, 0.5) is 0 Å². The molecule has 0 amide bonds. The number of thiophene rings is 2. The summed E-state index contributed by atoms with van der Waals surface area (Å²) in [5, 5.41) is 3.67. The van der Waals surface area contributed by atoms with E-state index in [0.29, 0.717) is 6.04 Å². The van der Waals surface area contributed by atoms with E-state index >= 15 is 0 Å². The molecule has 3 rings (SSSR count). The Morgan fingerprint density at radius 1 is 1.33 bits per heavy atom. The Morgan fingerprint density at radius 2 is 2.17 bits per heavy atom. The lowest BCUT2D eigenvalue weighted by Gasteiger charge is -2.11. The maximum atomic E-state index is 6.08. The summed E-state index contributed by atoms with van der Waals surface area (Å²) in [6, 6.07) is 4.92. The molecule has 18 heavy (non-hydrogen) atoms. The molecule has 0 radical (unpaired) electrons. The summed E-state index contributed by atoms with van der Waals surface area (Å²) >= 11 is 9.71. The minimum atomic E-state index is 0.492. The van der Waals surface area contributed by atoms with Gasteiger partial charge in [-0.2, -0.15) is 0 Å². The first-order valence-electron chi connectivity index (χ1n) is 6.21. The molecule has 1 unspecified atom stereocenters. The second kappa shape index (κ2) is 4.97. The first-order valence-corrected chi connectivity index (χ1v) is 8.22. The van der Waals surface area contributed by atoms with Crippen LogP contribution in [0.15, 0.2) is 12.1 Å². The second-order valence-electron chi connectivity index (χ2n) is 4.85. The third-order valence-electron chi connectivity index (χ3n) is 3.59. The molecule has 1 atom stereocenters. The second-order valence-corrected chi connectivity index (χ2v) is 7.96. The minimum absolute atomic E-state index is 0.492. The summed E-state index contributed by atoms with van der Waals surface area (Å²) < 4.78 is 0.925. The van der Waals surface area contributed by atoms with Gasteiger partial charge >= 0.3 is 0 Å². The van der Waals surface area contributed by atoms with Crippen molar-refractivity contribution < 1.29 is 0 Å². The summed E-state index contributed by atoms with van der Waals surface area (Å²) in [5.74, 6) is 0. The Kier molecular flexibility index (Phi) is 3.50. The van der Waals surface area contributed by atoms with Crippen LogP contribution in [0, 0.1) is 13.8 Å². The number of hydrogen-bond acceptors (Lipinski definition) is 3. The van der Waals surface area contributed by atoms with Gasteiger partial charge in [0.15, 0.2) is 0 Å². The zero-order valence-corrected chi connectivity index (χ0v) is 12.9. The predicted octanol–water partition coefficient (Wildman–Crippen LogP) is 4.86. The highest BCUT2D eigenvalue weighted by Crippen LogP contribution is 2.39. The summed E-state index contributed by atoms with van der Waals surface area (Å²) in [6.45, 7) is 5.34. The number of fused-ring (bicyclic) bond motifs is 1. The van der Waals surface area contributed by atoms with Crippen molar-refractivity contribution in [2.24, 2.45) is 0 Å². The van der Waals surface area contributed by atoms with Crippen molar-refractivity contribution in [2.45, 2.75) is 39.3 Å². The van der Waals surface area contributed by atoms with E-state index in [-0.39, 0.29) is 0 Å². The molecule has 1 nitrogen and oxygen atoms in total. The van der Waals surface area contributed by atoms with E-state index in [1.165, 1.54) is 38.6 Å². The van der Waals surface area contributed by atoms with Crippen LogP contribution in [0.5, 0.6) is 0 Å². The fourth-order valence-corrected chi connectivity index (χ4v) is 4.86. The van der Waals surface area contributed by atoms with Gasteiger partial charge in [0.05, 0.1) is 4.34 Å². The molecule has 96 valence electrons. The van der Waals surface area contributed by atoms with Crippen molar-refractivity contribution >= 4 is 34.3 Å². The lowest BCUT2D eigenvalue weighted by molar-refractivity contribution is 0.533. The molecule has 2 aromatic rings. The van der Waals surface area contributed by atoms with Crippen molar-refractivity contribution in [1.82, 2.24) is 5.32 Å². The van der Waals surface area contributed by atoms with Gasteiger partial charge in [-0.05, 0) is 49.9 Å². The Hall–Kier alpha value is -0.350. The Labute approximate surface area is 121 Å². The quantitative estimate of drug-likeness (QED) is 0.853. The highest BCUT2D eigenvalue weighted by Gasteiger charge is 2.24. The van der Waals surface area contributed by atoms with Gasteiger partial charge in [0.25, 0.3) is 0 Å². The fourth-order valence-electron chi connectivity index (χ4n) is 2.50. The Bertz CT molecular complexity index is 551. The monoisotopic (exact) mass is 297 g/mol. The molecular formula is C14H16ClNS2. The van der Waals surface area contributed by atoms with Gasteiger partial charge in [-0.25, -0.2) is 0 Å². The molecule has 0 aliphatic heterocycles. The van der Waals surface area contributed by atoms with E-state index < -0.39 is 0 Å². The first-order chi connectivity index (χ1) is 8.63. The lowest BCUT2D eigenvalue weighted by Crippen LogP contribution is -2.17. The lowest BCUT2D eigenvalue weighted by atomic mass is 10.2. The SMILES string of the molecule is Cc1cc(CNC2CCc3sc(Cl)cc32)sc1C. The molecule has 0 saturated heterocycles. The van der Waals surface area contributed by atoms with Crippen LogP contribution >= 0.6 is 34.3 Å². The van der Waals surface area contributed by atoms with Crippen LogP contribution < -0.4 is 5.32 Å². The van der Waals surface area contributed by atoms with Gasteiger partial charge in [0.2, 0.25) is 0 Å². The number of hydrogen-bond donors (Lipinski definition) is 1. The number of nitrogens with one attached hydrogen (secondary N) is 1. The zero-order valence-electron chi connectivity index (χ0n) is 10.5. The third kappa shape index (κ3) is 2.37. The zero-order chi connectivity index (χ0) is 12.7. The summed E-state index contributed by atoms with van der Waals surface area (Å²) in [5.41, 5.74) is 2.83. The van der Waals surface area contributed by atoms with Crippen LogP contribution in [0.3, 0.4) is 0 Å². The normalized spacial score (nSPS) is 18.3. The van der Waals surface area contributed by atoms with Crippen molar-refractivity contribution in [1.29, 1.82) is 0 Å². The molecule has 0 bridgehead atoms. The molecule has 1 N–H and O–H groups in total. The third-order valence-corrected chi connectivity index (χ3v) is 6.08. The summed E-state index contributed by atoms with van der Waals surface area (Å²) in [6.07, 6.45) is 2.38. The number of halogens is 1. The molecule has 0 spiro atoms. The highest BCUT2D eigenvalue weighted by atomic mass is 35.5. The maximum absolute atomic E-state index is 6.08. The van der Waals surface area contributed by atoms with Gasteiger partial charge in [-0.1, -0.05) is 11.6 Å². The minimum Gasteiger partial charge on any atom is -0.305 e. The van der Waals surface area contributed by atoms with Crippen molar-refractivity contribution in [3.05, 3.63) is 42.2 Å². The average molecular weight is 298 g/mol. The van der Waals surface area contributed by atoms with Crippen LogP contribution in [0.1, 0.15) is 38.2 Å². The highest BCUT2D eigenvalue weighted by molar-refractivity contribution is 7.16. The maximum Gasteiger partial charge on any atom is 0.0934 e. The average Bonchev–Trinajstić information content (AvgIpc) is 2.93. The van der Waals surface area contributed by atoms with Crippen molar-refractivity contribution in [3.63, 3.8) is 0 Å². The van der Waals surface area contributed by atoms with Crippen LogP contribution in [-0.2, 0) is 13.0 Å². The summed E-state index contributed by atoms with van der Waals surface area (Å²) in [4.78, 5) is 4.33. The van der Waals surface area contributed by atoms with Gasteiger partial charge in [-0.3, -0.25) is 0 Å². The van der Waals surface area contributed by atoms with Gasteiger partial charge < -0.3 is 5.32 Å². The number of rotatable bonds is 3. The molecular weight excluding hydrogens is 282 g/mol. The van der Waals surface area contributed by atoms with Gasteiger partial charge in [0.1, 0.15) is 0 Å². The van der Waals surface area contributed by atoms with Gasteiger partial charge in [-0.15, -0.1) is 22.7 Å². The molecule has 1 aliphatic rings. The van der Waals surface area contributed by atoms with Crippen LogP contribution in [0.2, 0.25) is 4.34 Å². The van der Waals surface area contributed by atoms with Crippen molar-refractivity contribution in [2.75, 3.05) is 0 Å². The van der Waals surface area contributed by atoms with E-state index in [4.69, 9.17) is 11.6 Å². The van der Waals surface area contributed by atoms with Crippen LogP contribution in [-0.4, -0.2) is 0 Å². The molecule has 1 aliphatic carbocycles. The van der Waals surface area contributed by atoms with E-state index in [1.54, 1.807) is 11.3 Å². The Morgan fingerprint density at radius 3 is 2.89 bits per heavy atom. The Balaban J connectivity index is 1.68. The summed E-state index contributed by atoms with van der Waals surface area (Å²) in [7, 11) is 0. The fraction of sp³-hybridized carbons (Fsp3) is 0.429. The van der Waals surface area contributed by atoms with Crippen molar-refractivity contribution in [3.8, 4) is 0 Å². The predicted molar refractivity (Wildman–Crippen MR) is 81.0 cm³/mol. The molecule has 0 saturated carbocycles. The smallest absolute Gasteiger partial charge is 0.0934 e. The largest absolute Gasteiger partial charge is 0.305 e. The van der Waals surface area contributed by atoms with E-state index in [1.807, 2.05) is 11.3 Å². The molecule has 4 heteroatoms. The van der Waals surface area contributed by atoms with Crippen LogP contribution in [0.25, 0.3) is 0 Å². The topological polar surface area (TPSA) is 12.0 Å². The number of aryl methyl sites for hydroxylation is 3. The standard InChI is InChI=1S/C14H16ClNS2/c1-8-5-10(17-9(8)2)7-16-12-3-4-13-11(12)6-14(15)18-13/h5-6,12,16H,3-4,7H2,1-2H3. The molecule has 2 heterocycles. The van der Waals surface area contributed by atoms with E-state index in [2.05, 4.69) is 31.3 Å². The molecule has 0 fully saturated rings. The van der Waals surface area contributed by atoms with E-state index in [9.17, 15) is 0 Å².